The number of esters is 1. The molecule has 1 aliphatic rings. The predicted molar refractivity (Wildman–Crippen MR) is 161 cm³/mol. The number of ether oxygens (including phenoxy) is 3. The number of aromatic nitrogens is 1. The fourth-order valence-electron chi connectivity index (χ4n) is 5.09. The fraction of sp³-hybridized carbons (Fsp3) is 0.258. The number of nitrogens with zero attached hydrogens (tertiary/aromatic N) is 2. The van der Waals surface area contributed by atoms with E-state index >= 15 is 0 Å². The predicted octanol–water partition coefficient (Wildman–Crippen LogP) is 5.51. The summed E-state index contributed by atoms with van der Waals surface area (Å²) >= 11 is 4.80. The number of carbonyl (C=O) groups excluding carboxylic acids is 1. The van der Waals surface area contributed by atoms with Crippen LogP contribution in [0.4, 0.5) is 0 Å². The lowest BCUT2D eigenvalue weighted by molar-refractivity contribution is -0.139. The van der Waals surface area contributed by atoms with Gasteiger partial charge in [0.1, 0.15) is 17.5 Å². The van der Waals surface area contributed by atoms with Crippen LogP contribution in [0.1, 0.15) is 43.9 Å². The zero-order valence-electron chi connectivity index (χ0n) is 22.7. The van der Waals surface area contributed by atoms with Crippen molar-refractivity contribution in [3.05, 3.63) is 101 Å². The molecule has 0 radical (unpaired) electrons. The van der Waals surface area contributed by atoms with Crippen molar-refractivity contribution in [3.63, 3.8) is 0 Å². The summed E-state index contributed by atoms with van der Waals surface area (Å²) in [4.78, 5) is 33.2. The lowest BCUT2D eigenvalue weighted by Gasteiger charge is -2.28. The first-order valence-electron chi connectivity index (χ1n) is 13.0. The first kappa shape index (κ1) is 27.9. The number of allylic oxidation sites excluding steroid dienone is 1. The Kier molecular flexibility index (Phi) is 8.23. The molecule has 7 nitrogen and oxygen atoms in total. The minimum atomic E-state index is -0.788. The Morgan fingerprint density at radius 3 is 2.55 bits per heavy atom. The molecule has 1 unspecified atom stereocenters. The molecule has 0 bridgehead atoms. The van der Waals surface area contributed by atoms with Gasteiger partial charge in [-0.05, 0) is 54.5 Å². The topological polar surface area (TPSA) is 79.1 Å². The van der Waals surface area contributed by atoms with Crippen LogP contribution in [0.2, 0.25) is 0 Å². The SMILES string of the molecule is CCCC1=C(C(=O)OCC)C(c2c(OC)ccc3ccccc23)n2c(s/c(=C\c3cc(Br)ccc3OC)c2=O)=N1. The first-order chi connectivity index (χ1) is 19.4. The summed E-state index contributed by atoms with van der Waals surface area (Å²) in [7, 11) is 3.19. The maximum Gasteiger partial charge on any atom is 0.338 e. The van der Waals surface area contributed by atoms with Gasteiger partial charge in [-0.1, -0.05) is 70.9 Å². The number of hydrogen-bond donors (Lipinski definition) is 0. The molecular formula is C31H29BrN2O5S. The van der Waals surface area contributed by atoms with E-state index in [0.29, 0.717) is 38.5 Å². The summed E-state index contributed by atoms with van der Waals surface area (Å²) in [5.74, 6) is 0.726. The molecule has 0 N–H and O–H groups in total. The largest absolute Gasteiger partial charge is 0.496 e. The lowest BCUT2D eigenvalue weighted by Crippen LogP contribution is -2.40. The van der Waals surface area contributed by atoms with Gasteiger partial charge in [-0.25, -0.2) is 9.79 Å². The van der Waals surface area contributed by atoms with Gasteiger partial charge in [0.15, 0.2) is 4.80 Å². The molecule has 0 saturated heterocycles. The monoisotopic (exact) mass is 620 g/mol. The molecule has 0 amide bonds. The second-order valence-corrected chi connectivity index (χ2v) is 11.1. The molecule has 3 aromatic carbocycles. The average molecular weight is 622 g/mol. The average Bonchev–Trinajstić information content (AvgIpc) is 3.26. The quantitative estimate of drug-likeness (QED) is 0.243. The van der Waals surface area contributed by atoms with Crippen LogP contribution in [0.5, 0.6) is 11.5 Å². The van der Waals surface area contributed by atoms with Gasteiger partial charge < -0.3 is 14.2 Å². The molecule has 0 aliphatic carbocycles. The van der Waals surface area contributed by atoms with E-state index in [0.717, 1.165) is 32.8 Å². The Labute approximate surface area is 244 Å². The van der Waals surface area contributed by atoms with E-state index in [9.17, 15) is 9.59 Å². The molecule has 2 heterocycles. The highest BCUT2D eigenvalue weighted by Gasteiger charge is 2.37. The van der Waals surface area contributed by atoms with Gasteiger partial charge in [0, 0.05) is 15.6 Å². The highest BCUT2D eigenvalue weighted by molar-refractivity contribution is 9.10. The third kappa shape index (κ3) is 4.99. The van der Waals surface area contributed by atoms with Crippen LogP contribution < -0.4 is 24.4 Å². The number of rotatable bonds is 8. The Hall–Kier alpha value is -3.69. The van der Waals surface area contributed by atoms with E-state index in [1.54, 1.807) is 31.8 Å². The van der Waals surface area contributed by atoms with Crippen LogP contribution in [-0.4, -0.2) is 31.4 Å². The standard InChI is InChI=1S/C31H29BrN2O5S/c1-5-9-22-27(30(36)39-6-2)28(26-21-11-8-7-10-18(21)12-14-24(26)38-4)34-29(35)25(40-31(34)33-22)17-19-16-20(32)13-15-23(19)37-3/h7-8,10-17,28H,5-6,9H2,1-4H3/b25-17-. The van der Waals surface area contributed by atoms with Crippen LogP contribution >= 0.6 is 27.3 Å². The van der Waals surface area contributed by atoms with Crippen LogP contribution in [0.25, 0.3) is 16.8 Å². The van der Waals surface area contributed by atoms with Crippen LogP contribution in [0, 0.1) is 0 Å². The molecule has 0 fully saturated rings. The Morgan fingerprint density at radius 2 is 1.82 bits per heavy atom. The van der Waals surface area contributed by atoms with Gasteiger partial charge in [-0.3, -0.25) is 9.36 Å². The van der Waals surface area contributed by atoms with E-state index in [4.69, 9.17) is 19.2 Å². The minimum absolute atomic E-state index is 0.203. The van der Waals surface area contributed by atoms with Gasteiger partial charge in [-0.15, -0.1) is 0 Å². The number of halogens is 1. The number of fused-ring (bicyclic) bond motifs is 2. The number of benzene rings is 3. The van der Waals surface area contributed by atoms with Crippen molar-refractivity contribution < 1.29 is 19.0 Å². The molecule has 0 spiro atoms. The molecule has 40 heavy (non-hydrogen) atoms. The number of hydrogen-bond acceptors (Lipinski definition) is 7. The summed E-state index contributed by atoms with van der Waals surface area (Å²) in [6, 6.07) is 16.6. The second kappa shape index (κ2) is 11.8. The van der Waals surface area contributed by atoms with Gasteiger partial charge in [0.05, 0.1) is 36.6 Å². The van der Waals surface area contributed by atoms with Gasteiger partial charge in [-0.2, -0.15) is 0 Å². The zero-order valence-corrected chi connectivity index (χ0v) is 25.1. The second-order valence-electron chi connectivity index (χ2n) is 9.20. The summed E-state index contributed by atoms with van der Waals surface area (Å²) < 4.78 is 19.9. The van der Waals surface area contributed by atoms with E-state index in [2.05, 4.69) is 15.9 Å². The Bertz CT molecular complexity index is 1820. The molecule has 1 atom stereocenters. The molecular weight excluding hydrogens is 592 g/mol. The molecule has 4 aromatic rings. The maximum absolute atomic E-state index is 14.2. The molecule has 5 rings (SSSR count). The van der Waals surface area contributed by atoms with Gasteiger partial charge in [0.25, 0.3) is 5.56 Å². The molecule has 206 valence electrons. The normalized spacial score (nSPS) is 15.1. The van der Waals surface area contributed by atoms with Crippen LogP contribution in [0.3, 0.4) is 0 Å². The van der Waals surface area contributed by atoms with Gasteiger partial charge in [0.2, 0.25) is 0 Å². The van der Waals surface area contributed by atoms with Crippen molar-refractivity contribution in [2.45, 2.75) is 32.7 Å². The molecule has 1 aliphatic heterocycles. The Morgan fingerprint density at radius 1 is 1.07 bits per heavy atom. The smallest absolute Gasteiger partial charge is 0.338 e. The summed E-state index contributed by atoms with van der Waals surface area (Å²) in [6.07, 6.45) is 3.13. The third-order valence-electron chi connectivity index (χ3n) is 6.79. The van der Waals surface area contributed by atoms with Crippen molar-refractivity contribution in [3.8, 4) is 11.5 Å². The first-order valence-corrected chi connectivity index (χ1v) is 14.6. The number of thiazole rings is 1. The molecule has 0 saturated carbocycles. The van der Waals surface area contributed by atoms with Crippen LogP contribution in [0.15, 0.2) is 80.1 Å². The lowest BCUT2D eigenvalue weighted by atomic mass is 9.90. The van der Waals surface area contributed by atoms with Crippen molar-refractivity contribution in [1.82, 2.24) is 4.57 Å². The van der Waals surface area contributed by atoms with Crippen molar-refractivity contribution in [1.29, 1.82) is 0 Å². The van der Waals surface area contributed by atoms with Crippen LogP contribution in [-0.2, 0) is 9.53 Å². The van der Waals surface area contributed by atoms with Crippen molar-refractivity contribution >= 4 is 50.1 Å². The maximum atomic E-state index is 14.2. The molecule has 1 aromatic heterocycles. The van der Waals surface area contributed by atoms with Crippen molar-refractivity contribution in [2.75, 3.05) is 20.8 Å². The highest BCUT2D eigenvalue weighted by atomic mass is 79.9. The van der Waals surface area contributed by atoms with E-state index in [1.165, 1.54) is 11.3 Å². The van der Waals surface area contributed by atoms with E-state index in [-0.39, 0.29) is 12.2 Å². The Balaban J connectivity index is 1.89. The number of carbonyl (C=O) groups is 1. The van der Waals surface area contributed by atoms with Crippen molar-refractivity contribution in [2.24, 2.45) is 4.99 Å². The fourth-order valence-corrected chi connectivity index (χ4v) is 6.48. The minimum Gasteiger partial charge on any atom is -0.496 e. The highest BCUT2D eigenvalue weighted by Crippen LogP contribution is 2.41. The summed E-state index contributed by atoms with van der Waals surface area (Å²) in [6.45, 7) is 4.01. The van der Waals surface area contributed by atoms with E-state index < -0.39 is 12.0 Å². The number of methoxy groups -OCH3 is 2. The summed E-state index contributed by atoms with van der Waals surface area (Å²) in [5.41, 5.74) is 2.19. The molecule has 9 heteroatoms. The van der Waals surface area contributed by atoms with E-state index in [1.807, 2.05) is 61.5 Å². The zero-order chi connectivity index (χ0) is 28.4. The third-order valence-corrected chi connectivity index (χ3v) is 8.27. The summed E-state index contributed by atoms with van der Waals surface area (Å²) in [5, 5.41) is 1.85. The van der Waals surface area contributed by atoms with Gasteiger partial charge >= 0.3 is 5.97 Å².